The molecule has 3 rings (SSSR count). The van der Waals surface area contributed by atoms with Crippen LogP contribution in [-0.4, -0.2) is 43.4 Å². The fraction of sp³-hybridized carbons (Fsp3) is 0.417. The highest BCUT2D eigenvalue weighted by Crippen LogP contribution is 2.19. The van der Waals surface area contributed by atoms with Crippen LogP contribution in [-0.2, 0) is 24.2 Å². The van der Waals surface area contributed by atoms with Crippen LogP contribution < -0.4 is 10.6 Å². The van der Waals surface area contributed by atoms with Crippen molar-refractivity contribution in [3.05, 3.63) is 71.3 Å². The third-order valence-electron chi connectivity index (χ3n) is 5.34. The lowest BCUT2D eigenvalue weighted by Crippen LogP contribution is -2.39. The summed E-state index contributed by atoms with van der Waals surface area (Å²) in [5, 5.41) is 6.66. The van der Waals surface area contributed by atoms with Crippen molar-refractivity contribution in [1.29, 1.82) is 0 Å². The lowest BCUT2D eigenvalue weighted by molar-refractivity contribution is -0.132. The van der Waals surface area contributed by atoms with Gasteiger partial charge in [-0.15, -0.1) is 24.0 Å². The van der Waals surface area contributed by atoms with Crippen LogP contribution in [0, 0.1) is 0 Å². The maximum atomic E-state index is 12.5. The summed E-state index contributed by atoms with van der Waals surface area (Å²) in [5.74, 6) is 1.05. The second-order valence-electron chi connectivity index (χ2n) is 7.45. The number of aryl methyl sites for hydroxylation is 1. The topological polar surface area (TPSA) is 56.7 Å². The van der Waals surface area contributed by atoms with Gasteiger partial charge in [-0.3, -0.25) is 9.79 Å². The van der Waals surface area contributed by atoms with Crippen LogP contribution in [0.15, 0.2) is 59.6 Å². The number of guanidine groups is 1. The van der Waals surface area contributed by atoms with Gasteiger partial charge in [0.25, 0.3) is 0 Å². The molecule has 0 saturated heterocycles. The zero-order chi connectivity index (χ0) is 20.3. The van der Waals surface area contributed by atoms with Gasteiger partial charge in [0.05, 0.1) is 0 Å². The number of aliphatic imine (C=N–C) groups is 1. The van der Waals surface area contributed by atoms with E-state index < -0.39 is 0 Å². The monoisotopic (exact) mass is 520 g/mol. The number of carbonyl (C=O) groups excluding carboxylic acids is 1. The Labute approximate surface area is 197 Å². The maximum Gasteiger partial charge on any atom is 0.222 e. The highest BCUT2D eigenvalue weighted by atomic mass is 127. The Balaban J connectivity index is 0.00000320. The quantitative estimate of drug-likeness (QED) is 0.241. The molecule has 0 spiro atoms. The summed E-state index contributed by atoms with van der Waals surface area (Å²) < 4.78 is 0. The molecule has 0 aromatic heterocycles. The maximum absolute atomic E-state index is 12.5. The van der Waals surface area contributed by atoms with Crippen LogP contribution in [0.5, 0.6) is 0 Å². The molecule has 0 atom stereocenters. The first kappa shape index (κ1) is 24.2. The van der Waals surface area contributed by atoms with E-state index in [4.69, 9.17) is 0 Å². The predicted molar refractivity (Wildman–Crippen MR) is 134 cm³/mol. The van der Waals surface area contributed by atoms with E-state index in [1.54, 1.807) is 7.05 Å². The van der Waals surface area contributed by atoms with E-state index in [0.717, 1.165) is 57.8 Å². The van der Waals surface area contributed by atoms with Gasteiger partial charge in [-0.1, -0.05) is 54.6 Å². The summed E-state index contributed by atoms with van der Waals surface area (Å²) in [6.45, 7) is 3.19. The minimum atomic E-state index is 0. The van der Waals surface area contributed by atoms with Crippen LogP contribution in [0.1, 0.15) is 36.0 Å². The molecule has 0 fully saturated rings. The summed E-state index contributed by atoms with van der Waals surface area (Å²) >= 11 is 0. The largest absolute Gasteiger partial charge is 0.356 e. The number of halogens is 1. The molecule has 0 unspecified atom stereocenters. The fourth-order valence-electron chi connectivity index (χ4n) is 3.68. The van der Waals surface area contributed by atoms with Crippen molar-refractivity contribution >= 4 is 35.8 Å². The van der Waals surface area contributed by atoms with Gasteiger partial charge in [0.1, 0.15) is 0 Å². The number of nitrogens with zero attached hydrogens (tertiary/aromatic N) is 2. The van der Waals surface area contributed by atoms with Crippen molar-refractivity contribution in [2.45, 2.75) is 38.6 Å². The Morgan fingerprint density at radius 3 is 2.37 bits per heavy atom. The van der Waals surface area contributed by atoms with Crippen molar-refractivity contribution in [2.24, 2.45) is 4.99 Å². The number of hydrogen-bond donors (Lipinski definition) is 2. The van der Waals surface area contributed by atoms with Crippen molar-refractivity contribution < 1.29 is 4.79 Å². The van der Waals surface area contributed by atoms with Gasteiger partial charge in [-0.2, -0.15) is 0 Å². The summed E-state index contributed by atoms with van der Waals surface area (Å²) in [6.07, 6.45) is 4.44. The molecule has 162 valence electrons. The van der Waals surface area contributed by atoms with Gasteiger partial charge in [-0.25, -0.2) is 0 Å². The fourth-order valence-corrected chi connectivity index (χ4v) is 3.68. The highest BCUT2D eigenvalue weighted by Gasteiger charge is 2.19. The molecule has 1 aliphatic rings. The molecule has 0 radical (unpaired) electrons. The first-order valence-corrected chi connectivity index (χ1v) is 10.6. The summed E-state index contributed by atoms with van der Waals surface area (Å²) in [6, 6.07) is 18.9. The van der Waals surface area contributed by atoms with Crippen LogP contribution in [0.2, 0.25) is 0 Å². The lowest BCUT2D eigenvalue weighted by atomic mass is 9.99. The molecule has 0 saturated carbocycles. The molecular weight excluding hydrogens is 487 g/mol. The number of amides is 1. The Morgan fingerprint density at radius 2 is 1.63 bits per heavy atom. The third kappa shape index (κ3) is 7.63. The molecule has 6 heteroatoms. The molecule has 5 nitrogen and oxygen atoms in total. The summed E-state index contributed by atoms with van der Waals surface area (Å²) in [7, 11) is 1.78. The zero-order valence-electron chi connectivity index (χ0n) is 17.8. The summed E-state index contributed by atoms with van der Waals surface area (Å²) in [4.78, 5) is 18.8. The van der Waals surface area contributed by atoms with E-state index in [1.807, 2.05) is 11.0 Å². The van der Waals surface area contributed by atoms with E-state index in [9.17, 15) is 4.79 Å². The van der Waals surface area contributed by atoms with Gasteiger partial charge >= 0.3 is 0 Å². The van der Waals surface area contributed by atoms with E-state index in [1.165, 1.54) is 16.7 Å². The molecule has 30 heavy (non-hydrogen) atoms. The molecule has 1 amide bonds. The minimum Gasteiger partial charge on any atom is -0.356 e. The molecule has 2 N–H and O–H groups in total. The third-order valence-corrected chi connectivity index (χ3v) is 5.34. The summed E-state index contributed by atoms with van der Waals surface area (Å²) in [5.41, 5.74) is 4.02. The molecule has 2 aromatic carbocycles. The number of nitrogens with one attached hydrogen (secondary N) is 2. The number of benzene rings is 2. The molecule has 0 bridgehead atoms. The van der Waals surface area contributed by atoms with Crippen molar-refractivity contribution in [3.63, 3.8) is 0 Å². The minimum absolute atomic E-state index is 0. The van der Waals surface area contributed by atoms with E-state index >= 15 is 0 Å². The van der Waals surface area contributed by atoms with Crippen LogP contribution >= 0.6 is 24.0 Å². The van der Waals surface area contributed by atoms with Crippen LogP contribution in [0.4, 0.5) is 0 Å². The van der Waals surface area contributed by atoms with E-state index in [0.29, 0.717) is 6.42 Å². The molecule has 1 aliphatic heterocycles. The van der Waals surface area contributed by atoms with Gasteiger partial charge < -0.3 is 15.5 Å². The number of fused-ring (bicyclic) bond motifs is 1. The number of carbonyl (C=O) groups is 1. The van der Waals surface area contributed by atoms with Gasteiger partial charge in [-0.05, 0) is 42.4 Å². The standard InChI is InChI=1S/C24H32N4O.HI/c1-25-24(26-16-7-11-20-9-3-2-4-10-20)27-17-8-14-23(29)28-18-15-21-12-5-6-13-22(21)19-28;/h2-6,9-10,12-13H,7-8,11,14-19H2,1H3,(H2,25,26,27);1H. The van der Waals surface area contributed by atoms with Crippen molar-refractivity contribution in [3.8, 4) is 0 Å². The SMILES string of the molecule is CN=C(NCCCC(=O)N1CCc2ccccc2C1)NCCCc1ccccc1.I. The van der Waals surface area contributed by atoms with Gasteiger partial charge in [0.2, 0.25) is 5.91 Å². The van der Waals surface area contributed by atoms with E-state index in [-0.39, 0.29) is 29.9 Å². The van der Waals surface area contributed by atoms with Crippen molar-refractivity contribution in [1.82, 2.24) is 15.5 Å². The molecule has 1 heterocycles. The second-order valence-corrected chi connectivity index (χ2v) is 7.45. The first-order valence-electron chi connectivity index (χ1n) is 10.6. The predicted octanol–water partition coefficient (Wildman–Crippen LogP) is 3.77. The van der Waals surface area contributed by atoms with Gasteiger partial charge in [0.15, 0.2) is 5.96 Å². The normalized spacial score (nSPS) is 13.2. The average Bonchev–Trinajstić information content (AvgIpc) is 2.78. The highest BCUT2D eigenvalue weighted by molar-refractivity contribution is 14.0. The number of hydrogen-bond acceptors (Lipinski definition) is 2. The second kappa shape index (κ2) is 13.3. The molecular formula is C24H33IN4O. The zero-order valence-corrected chi connectivity index (χ0v) is 20.1. The Kier molecular flexibility index (Phi) is 10.7. The van der Waals surface area contributed by atoms with Gasteiger partial charge in [0, 0.05) is 39.6 Å². The number of rotatable bonds is 8. The Bertz CT molecular complexity index is 810. The van der Waals surface area contributed by atoms with E-state index in [2.05, 4.69) is 64.2 Å². The smallest absolute Gasteiger partial charge is 0.222 e. The lowest BCUT2D eigenvalue weighted by Gasteiger charge is -2.29. The Morgan fingerprint density at radius 1 is 0.967 bits per heavy atom. The first-order chi connectivity index (χ1) is 14.3. The van der Waals surface area contributed by atoms with Crippen LogP contribution in [0.3, 0.4) is 0 Å². The molecule has 0 aliphatic carbocycles. The molecule has 2 aromatic rings. The van der Waals surface area contributed by atoms with Crippen molar-refractivity contribution in [2.75, 3.05) is 26.7 Å². The van der Waals surface area contributed by atoms with Crippen LogP contribution in [0.25, 0.3) is 0 Å². The average molecular weight is 520 g/mol. The Hall–Kier alpha value is -2.09.